The summed E-state index contributed by atoms with van der Waals surface area (Å²) in [6.07, 6.45) is 0.0576. The molecule has 0 aromatic rings. The Balaban J connectivity index is 1.85. The van der Waals surface area contributed by atoms with Crippen molar-refractivity contribution in [3.05, 3.63) is 0 Å². The molecule has 0 aliphatic carbocycles. The SMILES string of the molecule is CCOC(=O)N1CCN(C(=O)C2CCS(=O)(=O)C2)CC1. The van der Waals surface area contributed by atoms with Crippen LogP contribution < -0.4 is 0 Å². The molecule has 1 atom stereocenters. The molecule has 0 bridgehead atoms. The molecule has 2 fully saturated rings. The Labute approximate surface area is 118 Å². The van der Waals surface area contributed by atoms with Gasteiger partial charge in [-0.2, -0.15) is 0 Å². The topological polar surface area (TPSA) is 84.0 Å². The van der Waals surface area contributed by atoms with Gasteiger partial charge < -0.3 is 14.5 Å². The van der Waals surface area contributed by atoms with Gasteiger partial charge in [-0.25, -0.2) is 13.2 Å². The zero-order valence-electron chi connectivity index (χ0n) is 11.6. The van der Waals surface area contributed by atoms with E-state index in [0.29, 0.717) is 39.2 Å². The summed E-state index contributed by atoms with van der Waals surface area (Å²) in [5.41, 5.74) is 0. The molecule has 0 saturated carbocycles. The van der Waals surface area contributed by atoms with Gasteiger partial charge in [0.25, 0.3) is 0 Å². The summed E-state index contributed by atoms with van der Waals surface area (Å²) in [5, 5.41) is 0. The Morgan fingerprint density at radius 2 is 1.75 bits per heavy atom. The van der Waals surface area contributed by atoms with Crippen LogP contribution in [-0.4, -0.2) is 74.5 Å². The lowest BCUT2D eigenvalue weighted by atomic mass is 10.1. The van der Waals surface area contributed by atoms with Crippen molar-refractivity contribution in [2.24, 2.45) is 5.92 Å². The van der Waals surface area contributed by atoms with Crippen molar-refractivity contribution < 1.29 is 22.7 Å². The molecule has 0 N–H and O–H groups in total. The van der Waals surface area contributed by atoms with Crippen LogP contribution >= 0.6 is 0 Å². The smallest absolute Gasteiger partial charge is 0.409 e. The summed E-state index contributed by atoms with van der Waals surface area (Å²) in [7, 11) is -3.04. The fraction of sp³-hybridized carbons (Fsp3) is 0.833. The molecule has 2 amide bonds. The van der Waals surface area contributed by atoms with E-state index in [1.54, 1.807) is 16.7 Å². The summed E-state index contributed by atoms with van der Waals surface area (Å²) in [6, 6.07) is 0. The van der Waals surface area contributed by atoms with E-state index in [0.717, 1.165) is 0 Å². The Morgan fingerprint density at radius 1 is 1.15 bits per heavy atom. The van der Waals surface area contributed by atoms with Crippen LogP contribution in [0.3, 0.4) is 0 Å². The number of carbonyl (C=O) groups excluding carboxylic acids is 2. The van der Waals surface area contributed by atoms with Gasteiger partial charge in [0.1, 0.15) is 0 Å². The van der Waals surface area contributed by atoms with Crippen LogP contribution in [0, 0.1) is 5.92 Å². The number of hydrogen-bond acceptors (Lipinski definition) is 5. The van der Waals surface area contributed by atoms with Gasteiger partial charge in [0, 0.05) is 26.2 Å². The standard InChI is InChI=1S/C12H20N2O5S/c1-2-19-12(16)14-6-4-13(5-7-14)11(15)10-3-8-20(17,18)9-10/h10H,2-9H2,1H3. The van der Waals surface area contributed by atoms with E-state index in [4.69, 9.17) is 4.74 Å². The highest BCUT2D eigenvalue weighted by molar-refractivity contribution is 7.91. The number of ether oxygens (including phenoxy) is 1. The predicted octanol–water partition coefficient (Wildman–Crippen LogP) is -0.278. The molecule has 0 spiro atoms. The number of hydrogen-bond donors (Lipinski definition) is 0. The summed E-state index contributed by atoms with van der Waals surface area (Å²) < 4.78 is 27.7. The number of piperazine rings is 1. The predicted molar refractivity (Wildman–Crippen MR) is 71.9 cm³/mol. The summed E-state index contributed by atoms with van der Waals surface area (Å²) in [4.78, 5) is 27.0. The lowest BCUT2D eigenvalue weighted by molar-refractivity contribution is -0.136. The van der Waals surface area contributed by atoms with E-state index in [1.807, 2.05) is 0 Å². The zero-order chi connectivity index (χ0) is 14.8. The van der Waals surface area contributed by atoms with Crippen LogP contribution in [0.15, 0.2) is 0 Å². The highest BCUT2D eigenvalue weighted by Gasteiger charge is 2.36. The number of rotatable bonds is 2. The third kappa shape index (κ3) is 3.41. The first kappa shape index (κ1) is 15.1. The van der Waals surface area contributed by atoms with Crippen LogP contribution in [0.5, 0.6) is 0 Å². The van der Waals surface area contributed by atoms with Gasteiger partial charge in [-0.1, -0.05) is 0 Å². The van der Waals surface area contributed by atoms with E-state index in [1.165, 1.54) is 0 Å². The first-order valence-electron chi connectivity index (χ1n) is 6.84. The van der Waals surface area contributed by atoms with Gasteiger partial charge in [0.05, 0.1) is 24.0 Å². The van der Waals surface area contributed by atoms with Gasteiger partial charge in [-0.15, -0.1) is 0 Å². The van der Waals surface area contributed by atoms with Crippen molar-refractivity contribution >= 4 is 21.8 Å². The maximum atomic E-state index is 12.2. The molecule has 2 aliphatic heterocycles. The first-order chi connectivity index (χ1) is 9.43. The van der Waals surface area contributed by atoms with Crippen molar-refractivity contribution in [2.75, 3.05) is 44.3 Å². The normalized spacial score (nSPS) is 25.6. The largest absolute Gasteiger partial charge is 0.450 e. The Bertz CT molecular complexity index is 482. The van der Waals surface area contributed by atoms with Crippen molar-refractivity contribution in [3.63, 3.8) is 0 Å². The van der Waals surface area contributed by atoms with Crippen molar-refractivity contribution in [2.45, 2.75) is 13.3 Å². The molecule has 0 aromatic heterocycles. The monoisotopic (exact) mass is 304 g/mol. The minimum atomic E-state index is -3.04. The number of sulfone groups is 1. The molecule has 2 saturated heterocycles. The molecule has 8 heteroatoms. The van der Waals surface area contributed by atoms with E-state index in [2.05, 4.69) is 0 Å². The van der Waals surface area contributed by atoms with Gasteiger partial charge in [0.2, 0.25) is 5.91 Å². The molecular formula is C12H20N2O5S. The van der Waals surface area contributed by atoms with Gasteiger partial charge in [-0.05, 0) is 13.3 Å². The van der Waals surface area contributed by atoms with Crippen LogP contribution in [-0.2, 0) is 19.4 Å². The number of amides is 2. The number of carbonyl (C=O) groups is 2. The lowest BCUT2D eigenvalue weighted by Gasteiger charge is -2.35. The van der Waals surface area contributed by atoms with Crippen LogP contribution in [0.4, 0.5) is 4.79 Å². The molecule has 2 heterocycles. The van der Waals surface area contributed by atoms with E-state index in [9.17, 15) is 18.0 Å². The second kappa shape index (κ2) is 5.99. The van der Waals surface area contributed by atoms with Gasteiger partial charge >= 0.3 is 6.09 Å². The van der Waals surface area contributed by atoms with Gasteiger partial charge in [0.15, 0.2) is 9.84 Å². The highest BCUT2D eigenvalue weighted by Crippen LogP contribution is 2.21. The van der Waals surface area contributed by atoms with Crippen molar-refractivity contribution in [3.8, 4) is 0 Å². The fourth-order valence-corrected chi connectivity index (χ4v) is 4.30. The average molecular weight is 304 g/mol. The Hall–Kier alpha value is -1.31. The first-order valence-corrected chi connectivity index (χ1v) is 8.66. The maximum absolute atomic E-state index is 12.2. The van der Waals surface area contributed by atoms with Crippen LogP contribution in [0.1, 0.15) is 13.3 Å². The Kier molecular flexibility index (Phi) is 4.52. The molecule has 2 rings (SSSR count). The van der Waals surface area contributed by atoms with E-state index < -0.39 is 15.8 Å². The average Bonchev–Trinajstić information content (AvgIpc) is 2.79. The third-order valence-electron chi connectivity index (χ3n) is 3.70. The molecule has 20 heavy (non-hydrogen) atoms. The molecule has 114 valence electrons. The van der Waals surface area contributed by atoms with Gasteiger partial charge in [-0.3, -0.25) is 4.79 Å². The maximum Gasteiger partial charge on any atom is 0.409 e. The van der Waals surface area contributed by atoms with Crippen LogP contribution in [0.25, 0.3) is 0 Å². The third-order valence-corrected chi connectivity index (χ3v) is 5.47. The van der Waals surface area contributed by atoms with Crippen molar-refractivity contribution in [1.29, 1.82) is 0 Å². The lowest BCUT2D eigenvalue weighted by Crippen LogP contribution is -2.52. The van der Waals surface area contributed by atoms with E-state index in [-0.39, 0.29) is 23.5 Å². The van der Waals surface area contributed by atoms with Crippen LogP contribution in [0.2, 0.25) is 0 Å². The van der Waals surface area contributed by atoms with Crippen molar-refractivity contribution in [1.82, 2.24) is 9.80 Å². The quantitative estimate of drug-likeness (QED) is 0.701. The molecule has 7 nitrogen and oxygen atoms in total. The minimum absolute atomic E-state index is 0.0378. The highest BCUT2D eigenvalue weighted by atomic mass is 32.2. The summed E-state index contributed by atoms with van der Waals surface area (Å²) in [6.45, 7) is 3.83. The molecule has 1 unspecified atom stereocenters. The fourth-order valence-electron chi connectivity index (χ4n) is 2.57. The van der Waals surface area contributed by atoms with E-state index >= 15 is 0 Å². The summed E-state index contributed by atoms with van der Waals surface area (Å²) >= 11 is 0. The molecule has 0 radical (unpaired) electrons. The summed E-state index contributed by atoms with van der Waals surface area (Å²) in [5.74, 6) is -0.445. The second-order valence-corrected chi connectivity index (χ2v) is 7.34. The molecule has 0 aromatic carbocycles. The second-order valence-electron chi connectivity index (χ2n) is 5.11. The Morgan fingerprint density at radius 3 is 2.25 bits per heavy atom. The minimum Gasteiger partial charge on any atom is -0.450 e. The number of nitrogens with zero attached hydrogens (tertiary/aromatic N) is 2. The zero-order valence-corrected chi connectivity index (χ0v) is 12.4. The molecule has 2 aliphatic rings. The molecular weight excluding hydrogens is 284 g/mol.